The van der Waals surface area contributed by atoms with Crippen LogP contribution in [0.5, 0.6) is 0 Å². The summed E-state index contributed by atoms with van der Waals surface area (Å²) >= 11 is 1.58. The standard InChI is InChI=1S/C23H19N3O2S/c24-13-16-8-10-19(11-9-16)25-23(28)21-14-29-15-26(21)22(27)12-18-6-3-5-17-4-1-2-7-20(17)18/h1-11,21H,12,14-15H2,(H,25,28). The van der Waals surface area contributed by atoms with Gasteiger partial charge in [0, 0.05) is 11.4 Å². The lowest BCUT2D eigenvalue weighted by Crippen LogP contribution is -2.45. The highest BCUT2D eigenvalue weighted by atomic mass is 32.2. The molecule has 29 heavy (non-hydrogen) atoms. The monoisotopic (exact) mass is 401 g/mol. The SMILES string of the molecule is N#Cc1ccc(NC(=O)C2CSCN2C(=O)Cc2cccc3ccccc23)cc1. The highest BCUT2D eigenvalue weighted by Crippen LogP contribution is 2.25. The first-order valence-electron chi connectivity index (χ1n) is 9.30. The average Bonchev–Trinajstić information content (AvgIpc) is 3.25. The molecule has 1 saturated heterocycles. The third-order valence-corrected chi connectivity index (χ3v) is 6.02. The molecule has 1 heterocycles. The Morgan fingerprint density at radius 1 is 1.07 bits per heavy atom. The molecule has 0 spiro atoms. The molecule has 1 unspecified atom stereocenters. The zero-order valence-corrected chi connectivity index (χ0v) is 16.5. The third kappa shape index (κ3) is 4.10. The van der Waals surface area contributed by atoms with Crippen LogP contribution in [0.2, 0.25) is 0 Å². The van der Waals surface area contributed by atoms with Crippen molar-refractivity contribution in [3.63, 3.8) is 0 Å². The number of nitriles is 1. The summed E-state index contributed by atoms with van der Waals surface area (Å²) in [5.74, 6) is 0.829. The Balaban J connectivity index is 1.47. The van der Waals surface area contributed by atoms with Crippen molar-refractivity contribution in [3.8, 4) is 6.07 Å². The van der Waals surface area contributed by atoms with Crippen LogP contribution in [0, 0.1) is 11.3 Å². The van der Waals surface area contributed by atoms with E-state index in [0.29, 0.717) is 22.9 Å². The van der Waals surface area contributed by atoms with E-state index in [1.165, 1.54) is 0 Å². The summed E-state index contributed by atoms with van der Waals surface area (Å²) in [5, 5.41) is 13.9. The molecular formula is C23H19N3O2S. The van der Waals surface area contributed by atoms with E-state index in [1.807, 2.05) is 42.5 Å². The predicted molar refractivity (Wildman–Crippen MR) is 115 cm³/mol. The first-order chi connectivity index (χ1) is 14.2. The molecule has 1 atom stereocenters. The van der Waals surface area contributed by atoms with Crippen molar-refractivity contribution in [1.82, 2.24) is 4.90 Å². The van der Waals surface area contributed by atoms with Gasteiger partial charge in [0.15, 0.2) is 0 Å². The smallest absolute Gasteiger partial charge is 0.248 e. The fourth-order valence-corrected chi connectivity index (χ4v) is 4.65. The third-order valence-electron chi connectivity index (χ3n) is 5.01. The molecule has 2 amide bonds. The molecule has 0 saturated carbocycles. The maximum Gasteiger partial charge on any atom is 0.248 e. The summed E-state index contributed by atoms with van der Waals surface area (Å²) < 4.78 is 0. The van der Waals surface area contributed by atoms with E-state index >= 15 is 0 Å². The van der Waals surface area contributed by atoms with Crippen molar-refractivity contribution in [3.05, 3.63) is 77.9 Å². The zero-order chi connectivity index (χ0) is 20.2. The summed E-state index contributed by atoms with van der Waals surface area (Å²) in [4.78, 5) is 27.4. The molecule has 1 N–H and O–H groups in total. The van der Waals surface area contributed by atoms with Crippen LogP contribution in [0.25, 0.3) is 10.8 Å². The number of fused-ring (bicyclic) bond motifs is 1. The van der Waals surface area contributed by atoms with E-state index in [2.05, 4.69) is 11.4 Å². The van der Waals surface area contributed by atoms with Crippen molar-refractivity contribution in [2.24, 2.45) is 0 Å². The molecule has 3 aromatic rings. The van der Waals surface area contributed by atoms with Gasteiger partial charge >= 0.3 is 0 Å². The largest absolute Gasteiger partial charge is 0.324 e. The van der Waals surface area contributed by atoms with Crippen LogP contribution >= 0.6 is 11.8 Å². The van der Waals surface area contributed by atoms with Crippen LogP contribution in [0.1, 0.15) is 11.1 Å². The van der Waals surface area contributed by atoms with E-state index < -0.39 is 6.04 Å². The maximum atomic E-state index is 13.0. The zero-order valence-electron chi connectivity index (χ0n) is 15.7. The summed E-state index contributed by atoms with van der Waals surface area (Å²) in [6, 6.07) is 22.2. The molecule has 4 rings (SSSR count). The first kappa shape index (κ1) is 19.0. The molecule has 6 heteroatoms. The molecule has 1 aliphatic rings. The molecular weight excluding hydrogens is 382 g/mol. The molecule has 0 radical (unpaired) electrons. The number of carbonyl (C=O) groups is 2. The molecule has 0 aliphatic carbocycles. The second-order valence-corrected chi connectivity index (χ2v) is 7.87. The maximum absolute atomic E-state index is 13.0. The summed E-state index contributed by atoms with van der Waals surface area (Å²) in [6.07, 6.45) is 0.266. The lowest BCUT2D eigenvalue weighted by Gasteiger charge is -2.23. The Bertz CT molecular complexity index is 1100. The first-order valence-corrected chi connectivity index (χ1v) is 10.5. The van der Waals surface area contributed by atoms with Gasteiger partial charge < -0.3 is 10.2 Å². The minimum absolute atomic E-state index is 0.0497. The predicted octanol–water partition coefficient (Wildman–Crippen LogP) is 3.79. The molecule has 3 aromatic carbocycles. The Kier molecular flexibility index (Phi) is 5.50. The summed E-state index contributed by atoms with van der Waals surface area (Å²) in [5.41, 5.74) is 2.12. The lowest BCUT2D eigenvalue weighted by atomic mass is 10.0. The van der Waals surface area contributed by atoms with Gasteiger partial charge in [-0.05, 0) is 40.6 Å². The number of benzene rings is 3. The summed E-state index contributed by atoms with van der Waals surface area (Å²) in [6.45, 7) is 0. The van der Waals surface area contributed by atoms with Gasteiger partial charge in [-0.2, -0.15) is 5.26 Å². The second-order valence-electron chi connectivity index (χ2n) is 6.87. The topological polar surface area (TPSA) is 73.2 Å². The molecule has 0 aromatic heterocycles. The van der Waals surface area contributed by atoms with Crippen molar-refractivity contribution in [1.29, 1.82) is 5.26 Å². The van der Waals surface area contributed by atoms with E-state index in [4.69, 9.17) is 5.26 Å². The number of anilines is 1. The normalized spacial score (nSPS) is 15.8. The van der Waals surface area contributed by atoms with Gasteiger partial charge in [0.05, 0.1) is 23.9 Å². The van der Waals surface area contributed by atoms with Gasteiger partial charge in [-0.3, -0.25) is 9.59 Å². The molecule has 1 fully saturated rings. The van der Waals surface area contributed by atoms with Crippen LogP contribution in [-0.2, 0) is 16.0 Å². The summed E-state index contributed by atoms with van der Waals surface area (Å²) in [7, 11) is 0. The van der Waals surface area contributed by atoms with Crippen LogP contribution in [0.4, 0.5) is 5.69 Å². The van der Waals surface area contributed by atoms with Crippen molar-refractivity contribution < 1.29 is 9.59 Å². The van der Waals surface area contributed by atoms with Gasteiger partial charge in [0.1, 0.15) is 6.04 Å². The Labute approximate surface area is 173 Å². The van der Waals surface area contributed by atoms with Crippen LogP contribution in [0.3, 0.4) is 0 Å². The number of nitrogens with one attached hydrogen (secondary N) is 1. The number of thioether (sulfide) groups is 1. The van der Waals surface area contributed by atoms with Crippen molar-refractivity contribution >= 4 is 40.0 Å². The van der Waals surface area contributed by atoms with Gasteiger partial charge in [0.25, 0.3) is 0 Å². The number of hydrogen-bond donors (Lipinski definition) is 1. The molecule has 5 nitrogen and oxygen atoms in total. The van der Waals surface area contributed by atoms with Crippen LogP contribution in [-0.4, -0.2) is 34.4 Å². The van der Waals surface area contributed by atoms with Gasteiger partial charge in [0.2, 0.25) is 11.8 Å². The number of rotatable bonds is 4. The number of hydrogen-bond acceptors (Lipinski definition) is 4. The van der Waals surface area contributed by atoms with Crippen molar-refractivity contribution in [2.45, 2.75) is 12.5 Å². The van der Waals surface area contributed by atoms with Gasteiger partial charge in [-0.1, -0.05) is 42.5 Å². The Hall–Kier alpha value is -3.30. The number of amides is 2. The van der Waals surface area contributed by atoms with E-state index in [0.717, 1.165) is 16.3 Å². The highest BCUT2D eigenvalue weighted by molar-refractivity contribution is 7.99. The quantitative estimate of drug-likeness (QED) is 0.722. The number of nitrogens with zero attached hydrogens (tertiary/aromatic N) is 2. The minimum Gasteiger partial charge on any atom is -0.324 e. The Morgan fingerprint density at radius 3 is 2.62 bits per heavy atom. The van der Waals surface area contributed by atoms with Crippen LogP contribution in [0.15, 0.2) is 66.7 Å². The van der Waals surface area contributed by atoms with E-state index in [-0.39, 0.29) is 18.2 Å². The fourth-order valence-electron chi connectivity index (χ4n) is 3.47. The van der Waals surface area contributed by atoms with Gasteiger partial charge in [-0.25, -0.2) is 0 Å². The van der Waals surface area contributed by atoms with E-state index in [1.54, 1.807) is 40.9 Å². The second kappa shape index (κ2) is 8.38. The lowest BCUT2D eigenvalue weighted by molar-refractivity contribution is -0.135. The van der Waals surface area contributed by atoms with E-state index in [9.17, 15) is 9.59 Å². The Morgan fingerprint density at radius 2 is 1.83 bits per heavy atom. The van der Waals surface area contributed by atoms with Gasteiger partial charge in [-0.15, -0.1) is 11.8 Å². The van der Waals surface area contributed by atoms with Crippen LogP contribution < -0.4 is 5.32 Å². The number of carbonyl (C=O) groups excluding carboxylic acids is 2. The minimum atomic E-state index is -0.502. The highest BCUT2D eigenvalue weighted by Gasteiger charge is 2.34. The molecule has 144 valence electrons. The fraction of sp³-hybridized carbons (Fsp3) is 0.174. The molecule has 0 bridgehead atoms. The molecule has 1 aliphatic heterocycles. The average molecular weight is 401 g/mol. The van der Waals surface area contributed by atoms with Crippen molar-refractivity contribution in [2.75, 3.05) is 16.9 Å².